The summed E-state index contributed by atoms with van der Waals surface area (Å²) < 4.78 is 5.48. The fourth-order valence-corrected chi connectivity index (χ4v) is 1.68. The van der Waals surface area contributed by atoms with Crippen LogP contribution in [0.5, 0.6) is 0 Å². The average Bonchev–Trinajstić information content (AvgIpc) is 2.86. The highest BCUT2D eigenvalue weighted by Gasteiger charge is 2.09. The third-order valence-electron chi connectivity index (χ3n) is 2.72. The Labute approximate surface area is 112 Å². The van der Waals surface area contributed by atoms with Crippen LogP contribution in [0.1, 0.15) is 21.6 Å². The standard InChI is InChI=1S/C14H17N3O2/c1-11-13(9-16-17-11)14(18)15-7-8-19-10-12-5-3-2-4-6-12/h2-6,9H,7-8,10H2,1H3,(H,15,18)(H,16,17). The van der Waals surface area contributed by atoms with Gasteiger partial charge in [0, 0.05) is 12.2 Å². The molecule has 0 spiro atoms. The van der Waals surface area contributed by atoms with Gasteiger partial charge in [0.1, 0.15) is 0 Å². The quantitative estimate of drug-likeness (QED) is 0.775. The average molecular weight is 259 g/mol. The summed E-state index contributed by atoms with van der Waals surface area (Å²) in [4.78, 5) is 11.7. The third-order valence-corrected chi connectivity index (χ3v) is 2.72. The van der Waals surface area contributed by atoms with Crippen LogP contribution in [0.4, 0.5) is 0 Å². The lowest BCUT2D eigenvalue weighted by molar-refractivity contribution is 0.0900. The Morgan fingerprint density at radius 1 is 1.37 bits per heavy atom. The summed E-state index contributed by atoms with van der Waals surface area (Å²) in [5.74, 6) is -0.130. The van der Waals surface area contributed by atoms with Crippen LogP contribution < -0.4 is 5.32 Å². The molecule has 0 unspecified atom stereocenters. The number of hydrogen-bond acceptors (Lipinski definition) is 3. The zero-order valence-electron chi connectivity index (χ0n) is 10.8. The fraction of sp³-hybridized carbons (Fsp3) is 0.286. The second-order valence-electron chi connectivity index (χ2n) is 4.20. The van der Waals surface area contributed by atoms with Crippen LogP contribution in [0.3, 0.4) is 0 Å². The number of aromatic amines is 1. The molecule has 5 nitrogen and oxygen atoms in total. The molecule has 0 aliphatic carbocycles. The Kier molecular flexibility index (Phi) is 4.69. The summed E-state index contributed by atoms with van der Waals surface area (Å²) in [6.45, 7) is 3.34. The summed E-state index contributed by atoms with van der Waals surface area (Å²) >= 11 is 0. The maximum Gasteiger partial charge on any atom is 0.254 e. The van der Waals surface area contributed by atoms with Crippen molar-refractivity contribution in [3.8, 4) is 0 Å². The number of amides is 1. The van der Waals surface area contributed by atoms with Crippen molar-refractivity contribution >= 4 is 5.91 Å². The van der Waals surface area contributed by atoms with Crippen LogP contribution in [-0.4, -0.2) is 29.3 Å². The van der Waals surface area contributed by atoms with Gasteiger partial charge in [-0.1, -0.05) is 30.3 Å². The molecule has 2 N–H and O–H groups in total. The molecule has 0 saturated carbocycles. The number of aromatic nitrogens is 2. The number of H-pyrrole nitrogens is 1. The van der Waals surface area contributed by atoms with Crippen molar-refractivity contribution in [2.24, 2.45) is 0 Å². The van der Waals surface area contributed by atoms with Crippen molar-refractivity contribution in [2.75, 3.05) is 13.2 Å². The van der Waals surface area contributed by atoms with Crippen LogP contribution in [0.2, 0.25) is 0 Å². The molecule has 0 saturated heterocycles. The molecule has 100 valence electrons. The highest BCUT2D eigenvalue weighted by molar-refractivity contribution is 5.94. The van der Waals surface area contributed by atoms with Gasteiger partial charge in [0.15, 0.2) is 0 Å². The number of nitrogens with one attached hydrogen (secondary N) is 2. The molecule has 0 radical (unpaired) electrons. The van der Waals surface area contributed by atoms with E-state index in [2.05, 4.69) is 15.5 Å². The number of carbonyl (C=O) groups excluding carboxylic acids is 1. The minimum Gasteiger partial charge on any atom is -0.375 e. The number of aryl methyl sites for hydroxylation is 1. The third kappa shape index (κ3) is 3.93. The molecule has 1 heterocycles. The molecule has 0 atom stereocenters. The number of carbonyl (C=O) groups is 1. The zero-order valence-corrected chi connectivity index (χ0v) is 10.8. The summed E-state index contributed by atoms with van der Waals surface area (Å²) in [5.41, 5.74) is 2.46. The molecule has 1 aromatic heterocycles. The van der Waals surface area contributed by atoms with E-state index in [0.29, 0.717) is 25.3 Å². The van der Waals surface area contributed by atoms with Crippen molar-refractivity contribution in [3.05, 3.63) is 53.3 Å². The normalized spacial score (nSPS) is 10.4. The first kappa shape index (κ1) is 13.3. The van der Waals surface area contributed by atoms with Gasteiger partial charge < -0.3 is 10.1 Å². The number of nitrogens with zero attached hydrogens (tertiary/aromatic N) is 1. The number of rotatable bonds is 6. The molecular weight excluding hydrogens is 242 g/mol. The molecule has 0 bridgehead atoms. The van der Waals surface area contributed by atoms with Gasteiger partial charge in [0.05, 0.1) is 25.0 Å². The number of ether oxygens (including phenoxy) is 1. The van der Waals surface area contributed by atoms with Crippen molar-refractivity contribution in [1.29, 1.82) is 0 Å². The van der Waals surface area contributed by atoms with Gasteiger partial charge in [-0.25, -0.2) is 0 Å². The van der Waals surface area contributed by atoms with E-state index in [9.17, 15) is 4.79 Å². The van der Waals surface area contributed by atoms with E-state index >= 15 is 0 Å². The van der Waals surface area contributed by atoms with E-state index in [0.717, 1.165) is 11.3 Å². The first-order valence-electron chi connectivity index (χ1n) is 6.17. The summed E-state index contributed by atoms with van der Waals surface area (Å²) in [7, 11) is 0. The van der Waals surface area contributed by atoms with Gasteiger partial charge in [0.25, 0.3) is 5.91 Å². The first-order valence-corrected chi connectivity index (χ1v) is 6.17. The predicted molar refractivity (Wildman–Crippen MR) is 71.8 cm³/mol. The fourth-order valence-electron chi connectivity index (χ4n) is 1.68. The summed E-state index contributed by atoms with van der Waals surface area (Å²) in [5, 5.41) is 9.33. The molecule has 0 fully saturated rings. The van der Waals surface area contributed by atoms with E-state index in [1.54, 1.807) is 0 Å². The lowest BCUT2D eigenvalue weighted by Gasteiger charge is -2.06. The van der Waals surface area contributed by atoms with E-state index in [1.165, 1.54) is 6.20 Å². The van der Waals surface area contributed by atoms with Crippen molar-refractivity contribution in [2.45, 2.75) is 13.5 Å². The molecule has 19 heavy (non-hydrogen) atoms. The van der Waals surface area contributed by atoms with Crippen molar-refractivity contribution in [1.82, 2.24) is 15.5 Å². The van der Waals surface area contributed by atoms with E-state index < -0.39 is 0 Å². The van der Waals surface area contributed by atoms with Gasteiger partial charge in [-0.15, -0.1) is 0 Å². The van der Waals surface area contributed by atoms with Gasteiger partial charge >= 0.3 is 0 Å². The topological polar surface area (TPSA) is 67.0 Å². The minimum atomic E-state index is -0.130. The van der Waals surface area contributed by atoms with Crippen molar-refractivity contribution < 1.29 is 9.53 Å². The highest BCUT2D eigenvalue weighted by Crippen LogP contribution is 2.02. The SMILES string of the molecule is Cc1[nH]ncc1C(=O)NCCOCc1ccccc1. The molecule has 5 heteroatoms. The predicted octanol–water partition coefficient (Wildman–Crippen LogP) is 1.66. The van der Waals surface area contributed by atoms with Crippen LogP contribution in [0, 0.1) is 6.92 Å². The van der Waals surface area contributed by atoms with Gasteiger partial charge in [-0.05, 0) is 12.5 Å². The lowest BCUT2D eigenvalue weighted by Crippen LogP contribution is -2.27. The van der Waals surface area contributed by atoms with Crippen LogP contribution in [-0.2, 0) is 11.3 Å². The monoisotopic (exact) mass is 259 g/mol. The van der Waals surface area contributed by atoms with E-state index in [4.69, 9.17) is 4.74 Å². The molecule has 2 aromatic rings. The Hall–Kier alpha value is -2.14. The van der Waals surface area contributed by atoms with Gasteiger partial charge in [-0.2, -0.15) is 5.10 Å². The Bertz CT molecular complexity index is 522. The molecule has 0 aliphatic rings. The molecular formula is C14H17N3O2. The first-order chi connectivity index (χ1) is 9.27. The highest BCUT2D eigenvalue weighted by atomic mass is 16.5. The summed E-state index contributed by atoms with van der Waals surface area (Å²) in [6, 6.07) is 9.93. The second kappa shape index (κ2) is 6.70. The number of hydrogen-bond donors (Lipinski definition) is 2. The van der Waals surface area contributed by atoms with Crippen LogP contribution in [0.25, 0.3) is 0 Å². The second-order valence-corrected chi connectivity index (χ2v) is 4.20. The van der Waals surface area contributed by atoms with Gasteiger partial charge in [-0.3, -0.25) is 9.89 Å². The summed E-state index contributed by atoms with van der Waals surface area (Å²) in [6.07, 6.45) is 1.52. The largest absolute Gasteiger partial charge is 0.375 e. The van der Waals surface area contributed by atoms with Crippen molar-refractivity contribution in [3.63, 3.8) is 0 Å². The number of benzene rings is 1. The molecule has 2 rings (SSSR count). The minimum absolute atomic E-state index is 0.130. The van der Waals surface area contributed by atoms with Crippen LogP contribution in [0.15, 0.2) is 36.5 Å². The van der Waals surface area contributed by atoms with E-state index in [-0.39, 0.29) is 5.91 Å². The smallest absolute Gasteiger partial charge is 0.254 e. The Morgan fingerprint density at radius 2 is 2.16 bits per heavy atom. The van der Waals surface area contributed by atoms with E-state index in [1.807, 2.05) is 37.3 Å². The Balaban J connectivity index is 1.65. The lowest BCUT2D eigenvalue weighted by atomic mass is 10.2. The Morgan fingerprint density at radius 3 is 2.84 bits per heavy atom. The van der Waals surface area contributed by atoms with Crippen LogP contribution >= 0.6 is 0 Å². The van der Waals surface area contributed by atoms with Gasteiger partial charge in [0.2, 0.25) is 0 Å². The molecule has 1 aromatic carbocycles. The molecule has 1 amide bonds. The zero-order chi connectivity index (χ0) is 13.5. The maximum absolute atomic E-state index is 11.7. The maximum atomic E-state index is 11.7. The molecule has 0 aliphatic heterocycles.